The van der Waals surface area contributed by atoms with Gasteiger partial charge in [-0.15, -0.1) is 11.3 Å². The first kappa shape index (κ1) is 23.7. The van der Waals surface area contributed by atoms with Crippen LogP contribution in [0.25, 0.3) is 0 Å². The molecule has 2 heterocycles. The minimum absolute atomic E-state index is 0.0144. The molecule has 1 aromatic rings. The van der Waals surface area contributed by atoms with E-state index in [-0.39, 0.29) is 24.7 Å². The predicted octanol–water partition coefficient (Wildman–Crippen LogP) is 5.66. The topological polar surface area (TPSA) is 76.1 Å². The van der Waals surface area contributed by atoms with Crippen molar-refractivity contribution >= 4 is 28.9 Å². The van der Waals surface area contributed by atoms with Crippen molar-refractivity contribution in [2.24, 2.45) is 17.3 Å². The zero-order valence-electron chi connectivity index (χ0n) is 19.6. The van der Waals surface area contributed by atoms with Crippen molar-refractivity contribution in [1.82, 2.24) is 0 Å². The monoisotopic (exact) mass is 463 g/mol. The molecule has 3 fully saturated rings. The van der Waals surface area contributed by atoms with Gasteiger partial charge in [0.05, 0.1) is 24.9 Å². The van der Waals surface area contributed by atoms with Gasteiger partial charge in [0.15, 0.2) is 0 Å². The van der Waals surface area contributed by atoms with Crippen LogP contribution >= 0.6 is 11.3 Å². The van der Waals surface area contributed by atoms with E-state index < -0.39 is 5.97 Å². The molecule has 32 heavy (non-hydrogen) atoms. The Morgan fingerprint density at radius 2 is 1.69 bits per heavy atom. The molecule has 0 atom stereocenters. The molecule has 7 heteroatoms. The van der Waals surface area contributed by atoms with Gasteiger partial charge in [-0.05, 0) is 74.7 Å². The number of hydrogen-bond acceptors (Lipinski definition) is 5. The van der Waals surface area contributed by atoms with Crippen LogP contribution in [0.5, 0.6) is 0 Å². The summed E-state index contributed by atoms with van der Waals surface area (Å²) < 4.78 is 11.2. The van der Waals surface area contributed by atoms with Crippen LogP contribution < -0.4 is 4.90 Å². The van der Waals surface area contributed by atoms with Crippen LogP contribution in [0.3, 0.4) is 0 Å². The molecule has 1 amide bonds. The third-order valence-electron chi connectivity index (χ3n) is 7.68. The minimum Gasteiger partial charge on any atom is -0.477 e. The van der Waals surface area contributed by atoms with Gasteiger partial charge >= 0.3 is 5.97 Å². The van der Waals surface area contributed by atoms with E-state index in [0.29, 0.717) is 35.3 Å². The Hall–Kier alpha value is -1.44. The number of nitrogens with zero attached hydrogens (tertiary/aromatic N) is 1. The standard InChI is InChI=1S/C25H37NO5S/c1-16-4-6-18(7-5-16)23(27)26(19-13-30-15-31-14-19)20-12-21(24(28)29)32-22(20)17-8-10-25(2,3)11-9-17/h12,16-19H,4-11,13-15H2,1-3H3,(H,28,29). The van der Waals surface area contributed by atoms with E-state index in [4.69, 9.17) is 9.47 Å². The fourth-order valence-corrected chi connectivity index (χ4v) is 6.63. The number of carbonyl (C=O) groups excluding carboxylic acids is 1. The first-order valence-electron chi connectivity index (χ1n) is 12.1. The molecule has 1 N–H and O–H groups in total. The van der Waals surface area contributed by atoms with Crippen molar-refractivity contribution in [3.05, 3.63) is 15.8 Å². The molecule has 1 aromatic heterocycles. The largest absolute Gasteiger partial charge is 0.477 e. The summed E-state index contributed by atoms with van der Waals surface area (Å²) in [6.07, 6.45) is 8.21. The lowest BCUT2D eigenvalue weighted by molar-refractivity contribution is -0.131. The first-order valence-corrected chi connectivity index (χ1v) is 12.9. The third-order valence-corrected chi connectivity index (χ3v) is 8.95. The zero-order valence-corrected chi connectivity index (χ0v) is 20.4. The summed E-state index contributed by atoms with van der Waals surface area (Å²) in [6.45, 7) is 7.94. The van der Waals surface area contributed by atoms with Crippen LogP contribution in [-0.2, 0) is 14.3 Å². The highest BCUT2D eigenvalue weighted by Gasteiger charge is 2.38. The van der Waals surface area contributed by atoms with E-state index in [0.717, 1.165) is 61.9 Å². The average Bonchev–Trinajstić information content (AvgIpc) is 3.20. The molecule has 0 radical (unpaired) electrons. The summed E-state index contributed by atoms with van der Waals surface area (Å²) in [5.74, 6) is 0.134. The quantitative estimate of drug-likeness (QED) is 0.609. The molecule has 2 aliphatic carbocycles. The third kappa shape index (κ3) is 5.20. The molecule has 1 aliphatic heterocycles. The maximum atomic E-state index is 13.9. The van der Waals surface area contributed by atoms with Crippen LogP contribution in [0.15, 0.2) is 6.07 Å². The number of anilines is 1. The van der Waals surface area contributed by atoms with Gasteiger partial charge in [-0.1, -0.05) is 20.8 Å². The highest BCUT2D eigenvalue weighted by molar-refractivity contribution is 7.14. The Kier molecular flexibility index (Phi) is 7.27. The van der Waals surface area contributed by atoms with Crippen LogP contribution in [0.2, 0.25) is 0 Å². The average molecular weight is 464 g/mol. The highest BCUT2D eigenvalue weighted by Crippen LogP contribution is 2.48. The molecule has 3 aliphatic rings. The number of carboxylic acids is 1. The fourth-order valence-electron chi connectivity index (χ4n) is 5.47. The van der Waals surface area contributed by atoms with Gasteiger partial charge in [0.2, 0.25) is 5.91 Å². The van der Waals surface area contributed by atoms with Crippen molar-refractivity contribution < 1.29 is 24.2 Å². The summed E-state index contributed by atoms with van der Waals surface area (Å²) in [5, 5.41) is 9.77. The second-order valence-electron chi connectivity index (χ2n) is 10.8. The van der Waals surface area contributed by atoms with Crippen LogP contribution in [0.4, 0.5) is 5.69 Å². The SMILES string of the molecule is CC1CCC(C(=O)N(c2cc(C(=O)O)sc2C2CCC(C)(C)CC2)C2COCOC2)CC1. The maximum absolute atomic E-state index is 13.9. The van der Waals surface area contributed by atoms with Crippen LogP contribution in [0, 0.1) is 17.3 Å². The molecule has 0 bridgehead atoms. The van der Waals surface area contributed by atoms with E-state index in [1.54, 1.807) is 6.07 Å². The number of hydrogen-bond donors (Lipinski definition) is 1. The Bertz CT molecular complexity index is 810. The first-order chi connectivity index (χ1) is 15.2. The molecule has 0 spiro atoms. The molecule has 4 rings (SSSR count). The number of rotatable bonds is 5. The van der Waals surface area contributed by atoms with Crippen molar-refractivity contribution in [2.75, 3.05) is 24.9 Å². The molecule has 6 nitrogen and oxygen atoms in total. The molecule has 2 saturated carbocycles. The Morgan fingerprint density at radius 3 is 2.28 bits per heavy atom. The Morgan fingerprint density at radius 1 is 1.06 bits per heavy atom. The molecule has 0 aromatic carbocycles. The number of thiophene rings is 1. The lowest BCUT2D eigenvalue weighted by atomic mass is 9.72. The van der Waals surface area contributed by atoms with Crippen molar-refractivity contribution in [3.8, 4) is 0 Å². The summed E-state index contributed by atoms with van der Waals surface area (Å²) in [4.78, 5) is 29.1. The fraction of sp³-hybridized carbons (Fsp3) is 0.760. The van der Waals surface area contributed by atoms with Gasteiger partial charge in [-0.3, -0.25) is 4.79 Å². The summed E-state index contributed by atoms with van der Waals surface area (Å²) in [6, 6.07) is 1.52. The van der Waals surface area contributed by atoms with Gasteiger partial charge < -0.3 is 19.5 Å². The lowest BCUT2D eigenvalue weighted by Gasteiger charge is -2.39. The van der Waals surface area contributed by atoms with Gasteiger partial charge in [-0.25, -0.2) is 4.79 Å². The summed E-state index contributed by atoms with van der Waals surface area (Å²) >= 11 is 1.36. The Balaban J connectivity index is 1.69. The second-order valence-corrected chi connectivity index (χ2v) is 11.9. The maximum Gasteiger partial charge on any atom is 0.345 e. The van der Waals surface area contributed by atoms with E-state index in [2.05, 4.69) is 20.8 Å². The predicted molar refractivity (Wildman–Crippen MR) is 125 cm³/mol. The van der Waals surface area contributed by atoms with E-state index >= 15 is 0 Å². The van der Waals surface area contributed by atoms with E-state index in [1.165, 1.54) is 11.3 Å². The number of aromatic carboxylic acids is 1. The van der Waals surface area contributed by atoms with E-state index in [9.17, 15) is 14.7 Å². The second kappa shape index (κ2) is 9.82. The van der Waals surface area contributed by atoms with Gasteiger partial charge in [0.25, 0.3) is 0 Å². The van der Waals surface area contributed by atoms with Gasteiger partial charge in [0.1, 0.15) is 11.7 Å². The van der Waals surface area contributed by atoms with Crippen LogP contribution in [-0.4, -0.2) is 43.0 Å². The van der Waals surface area contributed by atoms with E-state index in [1.807, 2.05) is 4.90 Å². The molecule has 178 valence electrons. The molecule has 0 unspecified atom stereocenters. The summed E-state index contributed by atoms with van der Waals surface area (Å²) in [5.41, 5.74) is 1.11. The van der Waals surface area contributed by atoms with Crippen molar-refractivity contribution in [1.29, 1.82) is 0 Å². The van der Waals surface area contributed by atoms with Crippen LogP contribution in [0.1, 0.15) is 92.6 Å². The normalized spacial score (nSPS) is 27.2. The number of carboxylic acid groups (broad SMARTS) is 1. The van der Waals surface area contributed by atoms with Gasteiger partial charge in [-0.2, -0.15) is 0 Å². The van der Waals surface area contributed by atoms with Crippen molar-refractivity contribution in [2.45, 2.75) is 84.1 Å². The molecular weight excluding hydrogens is 426 g/mol. The van der Waals surface area contributed by atoms with Gasteiger partial charge in [0, 0.05) is 10.8 Å². The molecular formula is C25H37NO5S. The molecule has 1 saturated heterocycles. The smallest absolute Gasteiger partial charge is 0.345 e. The number of amides is 1. The summed E-state index contributed by atoms with van der Waals surface area (Å²) in [7, 11) is 0. The number of ether oxygens (including phenoxy) is 2. The van der Waals surface area contributed by atoms with Crippen molar-refractivity contribution in [3.63, 3.8) is 0 Å². The highest BCUT2D eigenvalue weighted by atomic mass is 32.1. The minimum atomic E-state index is -0.923. The zero-order chi connectivity index (χ0) is 22.9. The Labute approximate surface area is 195 Å². The number of carbonyl (C=O) groups is 2. The lowest BCUT2D eigenvalue weighted by Crippen LogP contribution is -2.51.